The number of rotatable bonds is 3. The number of aromatic hydroxyl groups is 1. The number of amides is 2. The van der Waals surface area contributed by atoms with Crippen LogP contribution in [0.25, 0.3) is 0 Å². The molecule has 1 saturated heterocycles. The number of piperazine rings is 1. The number of benzene rings is 2. The Morgan fingerprint density at radius 2 is 1.50 bits per heavy atom. The third-order valence-electron chi connectivity index (χ3n) is 4.85. The normalized spacial score (nSPS) is 14.4. The molecule has 0 spiro atoms. The number of aryl methyl sites for hydroxylation is 2. The molecule has 1 fully saturated rings. The van der Waals surface area contributed by atoms with Crippen LogP contribution in [-0.2, 0) is 6.42 Å². The number of carbonyl (C=O) groups is 2. The van der Waals surface area contributed by atoms with Crippen LogP contribution in [0.3, 0.4) is 0 Å². The minimum Gasteiger partial charge on any atom is -0.507 e. The SMILES string of the molecule is CCc1ccc(C(=O)N2CCN(C(=O)c3ccc(C)cc3O)CC2)cc1. The van der Waals surface area contributed by atoms with Crippen molar-refractivity contribution in [3.8, 4) is 5.75 Å². The van der Waals surface area contributed by atoms with Crippen LogP contribution in [0.4, 0.5) is 0 Å². The van der Waals surface area contributed by atoms with E-state index >= 15 is 0 Å². The van der Waals surface area contributed by atoms with Gasteiger partial charge in [-0.05, 0) is 48.7 Å². The van der Waals surface area contributed by atoms with Gasteiger partial charge in [-0.25, -0.2) is 0 Å². The van der Waals surface area contributed by atoms with Crippen LogP contribution in [-0.4, -0.2) is 52.9 Å². The number of hydrogen-bond acceptors (Lipinski definition) is 3. The zero-order valence-electron chi connectivity index (χ0n) is 15.2. The lowest BCUT2D eigenvalue weighted by Gasteiger charge is -2.35. The molecule has 1 aliphatic heterocycles. The van der Waals surface area contributed by atoms with Crippen molar-refractivity contribution >= 4 is 11.8 Å². The first kappa shape index (κ1) is 18.0. The van der Waals surface area contributed by atoms with Crippen molar-refractivity contribution < 1.29 is 14.7 Å². The van der Waals surface area contributed by atoms with Gasteiger partial charge < -0.3 is 14.9 Å². The Kier molecular flexibility index (Phi) is 5.26. The highest BCUT2D eigenvalue weighted by molar-refractivity contribution is 5.97. The van der Waals surface area contributed by atoms with Crippen molar-refractivity contribution in [3.05, 3.63) is 64.7 Å². The molecule has 0 atom stereocenters. The van der Waals surface area contributed by atoms with E-state index in [2.05, 4.69) is 6.92 Å². The Morgan fingerprint density at radius 3 is 2.04 bits per heavy atom. The molecule has 2 amide bonds. The van der Waals surface area contributed by atoms with E-state index in [0.717, 1.165) is 12.0 Å². The fourth-order valence-corrected chi connectivity index (χ4v) is 3.17. The summed E-state index contributed by atoms with van der Waals surface area (Å²) in [4.78, 5) is 28.7. The van der Waals surface area contributed by atoms with Gasteiger partial charge in [0.05, 0.1) is 5.56 Å². The topological polar surface area (TPSA) is 60.9 Å². The van der Waals surface area contributed by atoms with Crippen LogP contribution >= 0.6 is 0 Å². The lowest BCUT2D eigenvalue weighted by atomic mass is 10.1. The van der Waals surface area contributed by atoms with Gasteiger partial charge in [-0.3, -0.25) is 9.59 Å². The summed E-state index contributed by atoms with van der Waals surface area (Å²) in [6.45, 7) is 5.86. The molecular formula is C21H24N2O3. The third kappa shape index (κ3) is 3.72. The van der Waals surface area contributed by atoms with E-state index in [0.29, 0.717) is 37.3 Å². The number of nitrogens with zero attached hydrogens (tertiary/aromatic N) is 2. The summed E-state index contributed by atoms with van der Waals surface area (Å²) < 4.78 is 0. The van der Waals surface area contributed by atoms with Crippen LogP contribution in [0.1, 0.15) is 38.8 Å². The molecule has 0 aliphatic carbocycles. The zero-order chi connectivity index (χ0) is 18.7. The summed E-state index contributed by atoms with van der Waals surface area (Å²) in [5.74, 6) is -0.190. The second-order valence-corrected chi connectivity index (χ2v) is 6.66. The second kappa shape index (κ2) is 7.60. The molecule has 136 valence electrons. The molecule has 0 bridgehead atoms. The predicted molar refractivity (Wildman–Crippen MR) is 100 cm³/mol. The van der Waals surface area contributed by atoms with Gasteiger partial charge in [0.1, 0.15) is 5.75 Å². The van der Waals surface area contributed by atoms with Crippen LogP contribution < -0.4 is 0 Å². The highest BCUT2D eigenvalue weighted by atomic mass is 16.3. The summed E-state index contributed by atoms with van der Waals surface area (Å²) in [6.07, 6.45) is 0.946. The first-order chi connectivity index (χ1) is 12.5. The first-order valence-electron chi connectivity index (χ1n) is 8.96. The van der Waals surface area contributed by atoms with E-state index in [4.69, 9.17) is 0 Å². The largest absolute Gasteiger partial charge is 0.507 e. The first-order valence-corrected chi connectivity index (χ1v) is 8.96. The third-order valence-corrected chi connectivity index (χ3v) is 4.85. The van der Waals surface area contributed by atoms with Crippen molar-refractivity contribution in [1.82, 2.24) is 9.80 Å². The van der Waals surface area contributed by atoms with Crippen molar-refractivity contribution in [2.24, 2.45) is 0 Å². The molecule has 0 radical (unpaired) electrons. The summed E-state index contributed by atoms with van der Waals surface area (Å²) in [7, 11) is 0. The van der Waals surface area contributed by atoms with E-state index in [1.807, 2.05) is 37.3 Å². The van der Waals surface area contributed by atoms with Gasteiger partial charge in [0.2, 0.25) is 0 Å². The van der Waals surface area contributed by atoms with Gasteiger partial charge in [0.25, 0.3) is 11.8 Å². The minimum atomic E-state index is -0.193. The molecule has 2 aromatic rings. The molecule has 0 unspecified atom stereocenters. The van der Waals surface area contributed by atoms with Crippen molar-refractivity contribution in [1.29, 1.82) is 0 Å². The number of hydrogen-bond donors (Lipinski definition) is 1. The maximum Gasteiger partial charge on any atom is 0.257 e. The molecule has 1 N–H and O–H groups in total. The molecule has 1 aliphatic rings. The van der Waals surface area contributed by atoms with Crippen molar-refractivity contribution in [2.45, 2.75) is 20.3 Å². The van der Waals surface area contributed by atoms with E-state index in [1.165, 1.54) is 5.56 Å². The van der Waals surface area contributed by atoms with Crippen molar-refractivity contribution in [2.75, 3.05) is 26.2 Å². The average molecular weight is 352 g/mol. The minimum absolute atomic E-state index is 0.00191. The summed E-state index contributed by atoms with van der Waals surface area (Å²) >= 11 is 0. The Hall–Kier alpha value is -2.82. The summed E-state index contributed by atoms with van der Waals surface area (Å²) in [6, 6.07) is 12.7. The van der Waals surface area contributed by atoms with Gasteiger partial charge in [0.15, 0.2) is 0 Å². The average Bonchev–Trinajstić information content (AvgIpc) is 2.67. The number of carbonyl (C=O) groups excluding carboxylic acids is 2. The van der Waals surface area contributed by atoms with Crippen LogP contribution in [0.15, 0.2) is 42.5 Å². The molecule has 5 heteroatoms. The lowest BCUT2D eigenvalue weighted by molar-refractivity contribution is 0.0533. The van der Waals surface area contributed by atoms with Gasteiger partial charge >= 0.3 is 0 Å². The highest BCUT2D eigenvalue weighted by Gasteiger charge is 2.26. The highest BCUT2D eigenvalue weighted by Crippen LogP contribution is 2.21. The quantitative estimate of drug-likeness (QED) is 0.924. The van der Waals surface area contributed by atoms with Gasteiger partial charge in [-0.2, -0.15) is 0 Å². The maximum atomic E-state index is 12.6. The smallest absolute Gasteiger partial charge is 0.257 e. The zero-order valence-corrected chi connectivity index (χ0v) is 15.2. The summed E-state index contributed by atoms with van der Waals surface area (Å²) in [5, 5.41) is 10.0. The summed E-state index contributed by atoms with van der Waals surface area (Å²) in [5.41, 5.74) is 3.10. The Labute approximate surface area is 153 Å². The molecule has 3 rings (SSSR count). The molecule has 26 heavy (non-hydrogen) atoms. The number of phenols is 1. The van der Waals surface area contributed by atoms with Crippen LogP contribution in [0.5, 0.6) is 5.75 Å². The standard InChI is InChI=1S/C21H24N2O3/c1-3-16-5-7-17(8-6-16)20(25)22-10-12-23(13-11-22)21(26)18-9-4-15(2)14-19(18)24/h4-9,14,24H,3,10-13H2,1-2H3. The predicted octanol–water partition coefficient (Wildman–Crippen LogP) is 2.86. The lowest BCUT2D eigenvalue weighted by Crippen LogP contribution is -2.50. The molecule has 0 saturated carbocycles. The van der Waals surface area contributed by atoms with E-state index in [1.54, 1.807) is 21.9 Å². The van der Waals surface area contributed by atoms with Gasteiger partial charge in [-0.1, -0.05) is 25.1 Å². The Balaban J connectivity index is 1.63. The molecule has 1 heterocycles. The Morgan fingerprint density at radius 1 is 0.923 bits per heavy atom. The van der Waals surface area contributed by atoms with Crippen LogP contribution in [0, 0.1) is 6.92 Å². The van der Waals surface area contributed by atoms with Crippen molar-refractivity contribution in [3.63, 3.8) is 0 Å². The Bertz CT molecular complexity index is 807. The van der Waals surface area contributed by atoms with Gasteiger partial charge in [-0.15, -0.1) is 0 Å². The monoisotopic (exact) mass is 352 g/mol. The fraction of sp³-hybridized carbons (Fsp3) is 0.333. The molecule has 0 aromatic heterocycles. The molecule has 2 aromatic carbocycles. The van der Waals surface area contributed by atoms with E-state index in [9.17, 15) is 14.7 Å². The molecular weight excluding hydrogens is 328 g/mol. The van der Waals surface area contributed by atoms with E-state index < -0.39 is 0 Å². The molecule has 5 nitrogen and oxygen atoms in total. The van der Waals surface area contributed by atoms with E-state index in [-0.39, 0.29) is 17.6 Å². The second-order valence-electron chi connectivity index (χ2n) is 6.66. The number of phenolic OH excluding ortho intramolecular Hbond substituents is 1. The maximum absolute atomic E-state index is 12.6. The van der Waals surface area contributed by atoms with Gasteiger partial charge in [0, 0.05) is 31.7 Å². The van der Waals surface area contributed by atoms with Crippen LogP contribution in [0.2, 0.25) is 0 Å². The fourth-order valence-electron chi connectivity index (χ4n) is 3.17.